The summed E-state index contributed by atoms with van der Waals surface area (Å²) in [7, 11) is 0. The van der Waals surface area contributed by atoms with Crippen molar-refractivity contribution in [3.8, 4) is 0 Å². The van der Waals surface area contributed by atoms with Crippen LogP contribution in [0.5, 0.6) is 0 Å². The molecule has 0 unspecified atom stereocenters. The molecular formula is C12H11BrN2OS. The molecule has 2 aromatic rings. The van der Waals surface area contributed by atoms with E-state index in [2.05, 4.69) is 26.2 Å². The molecule has 0 aliphatic heterocycles. The number of aryl methyl sites for hydroxylation is 2. The number of anilines is 1. The van der Waals surface area contributed by atoms with Gasteiger partial charge in [-0.1, -0.05) is 0 Å². The van der Waals surface area contributed by atoms with Gasteiger partial charge in [0.2, 0.25) is 0 Å². The smallest absolute Gasteiger partial charge is 0.265 e. The zero-order valence-electron chi connectivity index (χ0n) is 9.45. The Balaban J connectivity index is 2.17. The molecule has 88 valence electrons. The maximum atomic E-state index is 11.9. The van der Waals surface area contributed by atoms with Crippen LogP contribution in [0.4, 0.5) is 5.69 Å². The van der Waals surface area contributed by atoms with E-state index in [9.17, 15) is 4.79 Å². The maximum absolute atomic E-state index is 11.9. The lowest BCUT2D eigenvalue weighted by atomic mass is 10.3. The summed E-state index contributed by atoms with van der Waals surface area (Å²) >= 11 is 4.84. The highest BCUT2D eigenvalue weighted by Crippen LogP contribution is 2.27. The quantitative estimate of drug-likeness (QED) is 0.917. The van der Waals surface area contributed by atoms with Crippen molar-refractivity contribution in [2.75, 3.05) is 5.32 Å². The first kappa shape index (κ1) is 12.3. The number of rotatable bonds is 2. The SMILES string of the molecule is Cc1cc(NC(=O)c2cc(C)c(Br)s2)ccn1. The fraction of sp³-hybridized carbons (Fsp3) is 0.167. The molecule has 1 N–H and O–H groups in total. The predicted octanol–water partition coefficient (Wildman–Crippen LogP) is 3.77. The zero-order chi connectivity index (χ0) is 12.4. The molecule has 0 aromatic carbocycles. The maximum Gasteiger partial charge on any atom is 0.265 e. The van der Waals surface area contributed by atoms with Gasteiger partial charge in [0, 0.05) is 17.6 Å². The number of aromatic nitrogens is 1. The van der Waals surface area contributed by atoms with E-state index in [-0.39, 0.29) is 5.91 Å². The monoisotopic (exact) mass is 310 g/mol. The number of carbonyl (C=O) groups excluding carboxylic acids is 1. The average Bonchev–Trinajstić information content (AvgIpc) is 2.59. The predicted molar refractivity (Wildman–Crippen MR) is 73.7 cm³/mol. The lowest BCUT2D eigenvalue weighted by Gasteiger charge is -2.03. The van der Waals surface area contributed by atoms with Crippen LogP contribution in [0.15, 0.2) is 28.2 Å². The molecule has 0 fully saturated rings. The number of halogens is 1. The van der Waals surface area contributed by atoms with E-state index in [0.29, 0.717) is 4.88 Å². The van der Waals surface area contributed by atoms with Crippen molar-refractivity contribution < 1.29 is 4.79 Å². The van der Waals surface area contributed by atoms with Crippen molar-refractivity contribution in [2.45, 2.75) is 13.8 Å². The molecule has 5 heteroatoms. The van der Waals surface area contributed by atoms with Gasteiger partial charge in [-0.3, -0.25) is 9.78 Å². The number of nitrogens with one attached hydrogen (secondary N) is 1. The molecule has 0 radical (unpaired) electrons. The fourth-order valence-electron chi connectivity index (χ4n) is 1.39. The molecule has 0 atom stereocenters. The van der Waals surface area contributed by atoms with Crippen LogP contribution in [0.3, 0.4) is 0 Å². The highest BCUT2D eigenvalue weighted by atomic mass is 79.9. The first-order valence-electron chi connectivity index (χ1n) is 5.06. The third-order valence-electron chi connectivity index (χ3n) is 2.24. The molecule has 0 aliphatic rings. The van der Waals surface area contributed by atoms with Crippen molar-refractivity contribution >= 4 is 38.9 Å². The van der Waals surface area contributed by atoms with Crippen LogP contribution in [0.25, 0.3) is 0 Å². The van der Waals surface area contributed by atoms with Crippen LogP contribution in [-0.4, -0.2) is 10.9 Å². The molecule has 0 saturated heterocycles. The number of carbonyl (C=O) groups is 1. The van der Waals surface area contributed by atoms with Gasteiger partial charge in [0.25, 0.3) is 5.91 Å². The summed E-state index contributed by atoms with van der Waals surface area (Å²) in [6.45, 7) is 3.86. The Morgan fingerprint density at radius 3 is 2.76 bits per heavy atom. The third-order valence-corrected chi connectivity index (χ3v) is 4.37. The Bertz CT molecular complexity index is 546. The molecule has 0 saturated carbocycles. The first-order valence-corrected chi connectivity index (χ1v) is 6.67. The Morgan fingerprint density at radius 2 is 2.18 bits per heavy atom. The molecule has 0 bridgehead atoms. The van der Waals surface area contributed by atoms with E-state index >= 15 is 0 Å². The topological polar surface area (TPSA) is 42.0 Å². The van der Waals surface area contributed by atoms with Crippen molar-refractivity contribution in [1.29, 1.82) is 0 Å². The zero-order valence-corrected chi connectivity index (χ0v) is 11.9. The number of nitrogens with zero attached hydrogens (tertiary/aromatic N) is 1. The molecule has 1 amide bonds. The lowest BCUT2D eigenvalue weighted by molar-refractivity contribution is 0.103. The molecule has 2 heterocycles. The Morgan fingerprint density at radius 1 is 1.41 bits per heavy atom. The minimum atomic E-state index is -0.0885. The van der Waals surface area contributed by atoms with E-state index in [1.807, 2.05) is 26.0 Å². The molecule has 3 nitrogen and oxygen atoms in total. The number of thiophene rings is 1. The van der Waals surface area contributed by atoms with Gasteiger partial charge in [-0.25, -0.2) is 0 Å². The summed E-state index contributed by atoms with van der Waals surface area (Å²) in [6.07, 6.45) is 1.68. The van der Waals surface area contributed by atoms with Crippen molar-refractivity contribution in [1.82, 2.24) is 4.98 Å². The minimum Gasteiger partial charge on any atom is -0.321 e. The van der Waals surface area contributed by atoms with E-state index in [4.69, 9.17) is 0 Å². The van der Waals surface area contributed by atoms with Crippen LogP contribution in [0, 0.1) is 13.8 Å². The number of pyridine rings is 1. The van der Waals surface area contributed by atoms with Gasteiger partial charge >= 0.3 is 0 Å². The minimum absolute atomic E-state index is 0.0885. The molecule has 17 heavy (non-hydrogen) atoms. The first-order chi connectivity index (χ1) is 8.06. The third kappa shape index (κ3) is 2.92. The standard InChI is InChI=1S/C12H11BrN2OS/c1-7-5-10(17-11(7)13)12(16)15-9-3-4-14-8(2)6-9/h3-6H,1-2H3,(H,14,15,16). The summed E-state index contributed by atoms with van der Waals surface area (Å²) in [5.74, 6) is -0.0885. The molecule has 0 spiro atoms. The summed E-state index contributed by atoms with van der Waals surface area (Å²) in [6, 6.07) is 5.49. The van der Waals surface area contributed by atoms with Gasteiger partial charge in [0.1, 0.15) is 0 Å². The second kappa shape index (κ2) is 4.98. The van der Waals surface area contributed by atoms with Crippen LogP contribution >= 0.6 is 27.3 Å². The second-order valence-electron chi connectivity index (χ2n) is 3.71. The van der Waals surface area contributed by atoms with Crippen LogP contribution in [-0.2, 0) is 0 Å². The molecule has 2 aromatic heterocycles. The van der Waals surface area contributed by atoms with Crippen LogP contribution < -0.4 is 5.32 Å². The molecule has 0 aliphatic carbocycles. The van der Waals surface area contributed by atoms with E-state index in [1.165, 1.54) is 11.3 Å². The fourth-order valence-corrected chi connectivity index (χ4v) is 2.82. The van der Waals surface area contributed by atoms with Crippen molar-refractivity contribution in [3.05, 3.63) is 44.3 Å². The summed E-state index contributed by atoms with van der Waals surface area (Å²) in [5.41, 5.74) is 2.72. The number of amides is 1. The van der Waals surface area contributed by atoms with Crippen molar-refractivity contribution in [3.63, 3.8) is 0 Å². The largest absolute Gasteiger partial charge is 0.321 e. The van der Waals surface area contributed by atoms with Gasteiger partial charge in [-0.05, 0) is 53.5 Å². The van der Waals surface area contributed by atoms with Gasteiger partial charge in [-0.15, -0.1) is 11.3 Å². The Hall–Kier alpha value is -1.20. The Kier molecular flexibility index (Phi) is 3.59. The van der Waals surface area contributed by atoms with E-state index < -0.39 is 0 Å². The van der Waals surface area contributed by atoms with E-state index in [0.717, 1.165) is 20.7 Å². The summed E-state index contributed by atoms with van der Waals surface area (Å²) < 4.78 is 0.994. The second-order valence-corrected chi connectivity index (χ2v) is 6.08. The lowest BCUT2D eigenvalue weighted by Crippen LogP contribution is -2.10. The Labute approximate surface area is 112 Å². The summed E-state index contributed by atoms with van der Waals surface area (Å²) in [4.78, 5) is 16.7. The highest BCUT2D eigenvalue weighted by Gasteiger charge is 2.11. The van der Waals surface area contributed by atoms with E-state index in [1.54, 1.807) is 12.3 Å². The van der Waals surface area contributed by atoms with Crippen molar-refractivity contribution in [2.24, 2.45) is 0 Å². The molecular weight excluding hydrogens is 300 g/mol. The van der Waals surface area contributed by atoms with Crippen LogP contribution in [0.1, 0.15) is 20.9 Å². The van der Waals surface area contributed by atoms with Crippen LogP contribution in [0.2, 0.25) is 0 Å². The highest BCUT2D eigenvalue weighted by molar-refractivity contribution is 9.11. The average molecular weight is 311 g/mol. The number of hydrogen-bond acceptors (Lipinski definition) is 3. The summed E-state index contributed by atoms with van der Waals surface area (Å²) in [5, 5.41) is 2.85. The van der Waals surface area contributed by atoms with Gasteiger partial charge in [0.15, 0.2) is 0 Å². The van der Waals surface area contributed by atoms with Gasteiger partial charge in [0.05, 0.1) is 8.66 Å². The van der Waals surface area contributed by atoms with Gasteiger partial charge in [-0.2, -0.15) is 0 Å². The molecule has 2 rings (SSSR count). The van der Waals surface area contributed by atoms with Gasteiger partial charge < -0.3 is 5.32 Å². The normalized spacial score (nSPS) is 10.3. The number of hydrogen-bond donors (Lipinski definition) is 1.